The number of nitrogens with one attached hydrogen (secondary N) is 1. The van der Waals surface area contributed by atoms with Gasteiger partial charge < -0.3 is 4.90 Å². The zero-order chi connectivity index (χ0) is 21.4. The van der Waals surface area contributed by atoms with Crippen LogP contribution in [0.4, 0.5) is 0 Å². The van der Waals surface area contributed by atoms with E-state index in [4.69, 9.17) is 0 Å². The van der Waals surface area contributed by atoms with Gasteiger partial charge in [0.25, 0.3) is 5.91 Å². The molecule has 0 aromatic heterocycles. The van der Waals surface area contributed by atoms with E-state index in [0.717, 1.165) is 44.5 Å². The lowest BCUT2D eigenvalue weighted by molar-refractivity contribution is 0.0417. The summed E-state index contributed by atoms with van der Waals surface area (Å²) >= 11 is 0. The molecule has 1 N–H and O–H groups in total. The van der Waals surface area contributed by atoms with E-state index in [9.17, 15) is 4.79 Å². The Hall–Kier alpha value is -2.17. The average molecular weight is 406 g/mol. The van der Waals surface area contributed by atoms with Gasteiger partial charge in [-0.2, -0.15) is 0 Å². The van der Waals surface area contributed by atoms with Gasteiger partial charge in [-0.1, -0.05) is 63.2 Å². The van der Waals surface area contributed by atoms with Crippen molar-refractivity contribution < 1.29 is 4.79 Å². The van der Waals surface area contributed by atoms with E-state index < -0.39 is 0 Å². The SMILES string of the molecule is CN1CC(Cc2ccccc2)NC12CCN(C(=O)c1ccc(C(C)(C)C)cc1)CC2. The lowest BCUT2D eigenvalue weighted by Gasteiger charge is -2.43. The van der Waals surface area contributed by atoms with Gasteiger partial charge in [0.15, 0.2) is 0 Å². The minimum Gasteiger partial charge on any atom is -0.338 e. The van der Waals surface area contributed by atoms with Gasteiger partial charge in [-0.05, 0) is 55.0 Å². The molecule has 1 unspecified atom stereocenters. The van der Waals surface area contributed by atoms with Crippen molar-refractivity contribution in [1.82, 2.24) is 15.1 Å². The summed E-state index contributed by atoms with van der Waals surface area (Å²) in [5.41, 5.74) is 3.57. The van der Waals surface area contributed by atoms with E-state index in [1.54, 1.807) is 0 Å². The Morgan fingerprint density at radius 1 is 1.03 bits per heavy atom. The van der Waals surface area contributed by atoms with E-state index in [-0.39, 0.29) is 17.0 Å². The van der Waals surface area contributed by atoms with Gasteiger partial charge >= 0.3 is 0 Å². The molecule has 0 bridgehead atoms. The molecule has 2 fully saturated rings. The van der Waals surface area contributed by atoms with Crippen molar-refractivity contribution in [2.75, 3.05) is 26.7 Å². The molecule has 0 radical (unpaired) electrons. The number of piperidine rings is 1. The topological polar surface area (TPSA) is 35.6 Å². The van der Waals surface area contributed by atoms with Crippen LogP contribution in [0.15, 0.2) is 54.6 Å². The monoisotopic (exact) mass is 405 g/mol. The third-order valence-corrected chi connectivity index (χ3v) is 6.90. The number of hydrogen-bond acceptors (Lipinski definition) is 3. The molecular weight excluding hydrogens is 370 g/mol. The number of carbonyl (C=O) groups excluding carboxylic acids is 1. The lowest BCUT2D eigenvalue weighted by atomic mass is 9.86. The molecule has 30 heavy (non-hydrogen) atoms. The third kappa shape index (κ3) is 4.30. The van der Waals surface area contributed by atoms with E-state index in [0.29, 0.717) is 6.04 Å². The highest BCUT2D eigenvalue weighted by molar-refractivity contribution is 5.94. The van der Waals surface area contributed by atoms with Gasteiger partial charge in [-0.15, -0.1) is 0 Å². The molecule has 160 valence electrons. The molecule has 2 aromatic rings. The Morgan fingerprint density at radius 3 is 2.27 bits per heavy atom. The highest BCUT2D eigenvalue weighted by Crippen LogP contribution is 2.32. The molecule has 1 spiro atoms. The molecule has 4 nitrogen and oxygen atoms in total. The molecule has 1 atom stereocenters. The van der Waals surface area contributed by atoms with E-state index in [1.807, 2.05) is 17.0 Å². The van der Waals surface area contributed by atoms with Crippen molar-refractivity contribution in [1.29, 1.82) is 0 Å². The normalized spacial score (nSPS) is 21.9. The first kappa shape index (κ1) is 21.1. The van der Waals surface area contributed by atoms with Crippen LogP contribution in [-0.2, 0) is 11.8 Å². The fourth-order valence-electron chi connectivity index (χ4n) is 4.96. The maximum absolute atomic E-state index is 13.0. The van der Waals surface area contributed by atoms with Gasteiger partial charge in [0.2, 0.25) is 0 Å². The molecule has 2 heterocycles. The zero-order valence-electron chi connectivity index (χ0n) is 18.8. The molecule has 0 saturated carbocycles. The summed E-state index contributed by atoms with van der Waals surface area (Å²) in [5.74, 6) is 0.159. The Labute approximate surface area is 181 Å². The van der Waals surface area contributed by atoms with Crippen molar-refractivity contribution in [2.45, 2.75) is 57.2 Å². The largest absolute Gasteiger partial charge is 0.338 e. The van der Waals surface area contributed by atoms with Gasteiger partial charge in [-0.25, -0.2) is 0 Å². The maximum atomic E-state index is 13.0. The zero-order valence-corrected chi connectivity index (χ0v) is 18.8. The minimum absolute atomic E-state index is 0.0202. The number of likely N-dealkylation sites (N-methyl/N-ethyl adjacent to an activating group) is 1. The van der Waals surface area contributed by atoms with Gasteiger partial charge in [0.1, 0.15) is 0 Å². The number of amides is 1. The van der Waals surface area contributed by atoms with Crippen molar-refractivity contribution in [3.05, 3.63) is 71.3 Å². The van der Waals surface area contributed by atoms with Crippen molar-refractivity contribution in [3.8, 4) is 0 Å². The van der Waals surface area contributed by atoms with Crippen molar-refractivity contribution >= 4 is 5.91 Å². The minimum atomic E-state index is 0.0202. The Morgan fingerprint density at radius 2 is 1.67 bits per heavy atom. The summed E-state index contributed by atoms with van der Waals surface area (Å²) in [6.07, 6.45) is 3.00. The number of rotatable bonds is 3. The first-order valence-electron chi connectivity index (χ1n) is 11.2. The molecule has 2 saturated heterocycles. The summed E-state index contributed by atoms with van der Waals surface area (Å²) in [5, 5.41) is 3.92. The number of hydrogen-bond donors (Lipinski definition) is 1. The number of benzene rings is 2. The van der Waals surface area contributed by atoms with Crippen LogP contribution in [0.1, 0.15) is 55.1 Å². The lowest BCUT2D eigenvalue weighted by Crippen LogP contribution is -2.58. The van der Waals surface area contributed by atoms with Gasteiger partial charge in [0.05, 0.1) is 5.66 Å². The molecular formula is C26H35N3O. The second-order valence-electron chi connectivity index (χ2n) is 10.1. The van der Waals surface area contributed by atoms with Gasteiger partial charge in [-0.3, -0.25) is 15.0 Å². The highest BCUT2D eigenvalue weighted by atomic mass is 16.2. The smallest absolute Gasteiger partial charge is 0.253 e. The van der Waals surface area contributed by atoms with Crippen LogP contribution in [0.25, 0.3) is 0 Å². The molecule has 2 aromatic carbocycles. The molecule has 0 aliphatic carbocycles. The maximum Gasteiger partial charge on any atom is 0.253 e. The Balaban J connectivity index is 1.36. The molecule has 2 aliphatic heterocycles. The number of nitrogens with zero attached hydrogens (tertiary/aromatic N) is 2. The molecule has 2 aliphatic rings. The van der Waals surface area contributed by atoms with Crippen molar-refractivity contribution in [2.24, 2.45) is 0 Å². The summed E-state index contributed by atoms with van der Waals surface area (Å²) in [7, 11) is 2.22. The standard InChI is InChI=1S/C26H35N3O/c1-25(2,3)22-12-10-21(11-13-22)24(30)29-16-14-26(15-17-29)27-23(19-28(26)4)18-20-8-6-5-7-9-20/h5-13,23,27H,14-19H2,1-4H3. The molecule has 4 rings (SSSR count). The summed E-state index contributed by atoms with van der Waals surface area (Å²) in [6, 6.07) is 19.3. The first-order valence-corrected chi connectivity index (χ1v) is 11.2. The predicted molar refractivity (Wildman–Crippen MR) is 123 cm³/mol. The van der Waals surface area contributed by atoms with E-state index in [2.05, 4.69) is 80.5 Å². The first-order chi connectivity index (χ1) is 14.3. The van der Waals surface area contributed by atoms with Crippen LogP contribution < -0.4 is 5.32 Å². The second-order valence-corrected chi connectivity index (χ2v) is 10.1. The number of likely N-dealkylation sites (tertiary alicyclic amines) is 1. The van der Waals surface area contributed by atoms with E-state index in [1.165, 1.54) is 11.1 Å². The molecule has 1 amide bonds. The third-order valence-electron chi connectivity index (χ3n) is 6.90. The predicted octanol–water partition coefficient (Wildman–Crippen LogP) is 4.06. The fraction of sp³-hybridized carbons (Fsp3) is 0.500. The van der Waals surface area contributed by atoms with Crippen LogP contribution in [0.3, 0.4) is 0 Å². The Kier molecular flexibility index (Phi) is 5.73. The van der Waals surface area contributed by atoms with Gasteiger partial charge in [0, 0.05) is 31.2 Å². The average Bonchev–Trinajstić information content (AvgIpc) is 3.02. The summed E-state index contributed by atoms with van der Waals surface area (Å²) < 4.78 is 0. The fourth-order valence-corrected chi connectivity index (χ4v) is 4.96. The highest BCUT2D eigenvalue weighted by Gasteiger charge is 2.45. The van der Waals surface area contributed by atoms with Crippen molar-refractivity contribution in [3.63, 3.8) is 0 Å². The Bertz CT molecular complexity index is 861. The molecule has 4 heteroatoms. The van der Waals surface area contributed by atoms with Crippen LogP contribution in [-0.4, -0.2) is 54.1 Å². The number of carbonyl (C=O) groups is 1. The van der Waals surface area contributed by atoms with Crippen LogP contribution in [0, 0.1) is 0 Å². The van der Waals surface area contributed by atoms with E-state index >= 15 is 0 Å². The summed E-state index contributed by atoms with van der Waals surface area (Å²) in [4.78, 5) is 17.5. The van der Waals surface area contributed by atoms with Crippen LogP contribution in [0.2, 0.25) is 0 Å². The second kappa shape index (κ2) is 8.16. The van der Waals surface area contributed by atoms with Crippen LogP contribution >= 0.6 is 0 Å². The van der Waals surface area contributed by atoms with Crippen LogP contribution in [0.5, 0.6) is 0 Å². The quantitative estimate of drug-likeness (QED) is 0.836. The summed E-state index contributed by atoms with van der Waals surface area (Å²) in [6.45, 7) is 9.25.